The van der Waals surface area contributed by atoms with E-state index < -0.39 is 0 Å². The number of ether oxygens (including phenoxy) is 1. The van der Waals surface area contributed by atoms with E-state index in [2.05, 4.69) is 13.8 Å². The molecule has 0 aromatic carbocycles. The van der Waals surface area contributed by atoms with E-state index in [0.29, 0.717) is 30.0 Å². The van der Waals surface area contributed by atoms with Gasteiger partial charge in [-0.3, -0.25) is 9.59 Å². The number of aliphatic hydroxyl groups excluding tert-OH is 1. The van der Waals surface area contributed by atoms with Crippen LogP contribution in [0.15, 0.2) is 0 Å². The zero-order valence-electron chi connectivity index (χ0n) is 17.4. The molecule has 0 heterocycles. The van der Waals surface area contributed by atoms with Gasteiger partial charge in [0.1, 0.15) is 5.78 Å². The lowest BCUT2D eigenvalue weighted by Crippen LogP contribution is -2.58. The van der Waals surface area contributed by atoms with Crippen LogP contribution in [0.2, 0.25) is 0 Å². The standard InChI is InChI=1S/C23H36O4/c1-13(21(26)27-4)17-7-8-18-16-6-5-14-11-15(24)9-10-22(14,2)20(16)19(25)12-23(17,18)3/h13-18,20,24H,5-12H2,1-4H3/t13-,14+,15+,16-,17-,18+,20-,22-,23-/m0/s1. The van der Waals surface area contributed by atoms with E-state index in [4.69, 9.17) is 4.74 Å². The van der Waals surface area contributed by atoms with Crippen LogP contribution in [0.3, 0.4) is 0 Å². The maximum atomic E-state index is 13.5. The van der Waals surface area contributed by atoms with Crippen molar-refractivity contribution in [2.75, 3.05) is 7.11 Å². The van der Waals surface area contributed by atoms with Gasteiger partial charge in [-0.15, -0.1) is 0 Å². The zero-order chi connectivity index (χ0) is 19.6. The summed E-state index contributed by atoms with van der Waals surface area (Å²) in [6, 6.07) is 0. The Balaban J connectivity index is 1.63. The van der Waals surface area contributed by atoms with Crippen molar-refractivity contribution >= 4 is 11.8 Å². The molecule has 4 fully saturated rings. The largest absolute Gasteiger partial charge is 0.469 e. The summed E-state index contributed by atoms with van der Waals surface area (Å²) in [5.41, 5.74) is -0.00412. The summed E-state index contributed by atoms with van der Waals surface area (Å²) in [6.45, 7) is 6.60. The Morgan fingerprint density at radius 1 is 1.15 bits per heavy atom. The van der Waals surface area contributed by atoms with Gasteiger partial charge in [-0.05, 0) is 79.4 Å². The number of hydrogen-bond acceptors (Lipinski definition) is 4. The smallest absolute Gasteiger partial charge is 0.308 e. The van der Waals surface area contributed by atoms with Crippen LogP contribution in [0.25, 0.3) is 0 Å². The third-order valence-electron chi connectivity index (χ3n) is 9.57. The highest BCUT2D eigenvalue weighted by molar-refractivity contribution is 5.84. The fourth-order valence-electron chi connectivity index (χ4n) is 8.26. The molecule has 0 aliphatic heterocycles. The van der Waals surface area contributed by atoms with Crippen molar-refractivity contribution in [2.45, 2.75) is 78.2 Å². The van der Waals surface area contributed by atoms with E-state index in [-0.39, 0.29) is 40.7 Å². The third-order valence-corrected chi connectivity index (χ3v) is 9.57. The summed E-state index contributed by atoms with van der Waals surface area (Å²) >= 11 is 0. The topological polar surface area (TPSA) is 63.6 Å². The van der Waals surface area contributed by atoms with Crippen LogP contribution in [-0.4, -0.2) is 30.1 Å². The number of Topliss-reactive ketones (excluding diaryl/α,β-unsaturated/α-hetero) is 1. The van der Waals surface area contributed by atoms with Gasteiger partial charge in [-0.1, -0.05) is 20.8 Å². The maximum absolute atomic E-state index is 13.5. The second kappa shape index (κ2) is 6.57. The monoisotopic (exact) mass is 376 g/mol. The fourth-order valence-corrected chi connectivity index (χ4v) is 8.26. The Labute approximate surface area is 163 Å². The number of carbonyl (C=O) groups excluding carboxylic acids is 2. The molecule has 27 heavy (non-hydrogen) atoms. The summed E-state index contributed by atoms with van der Waals surface area (Å²) in [5, 5.41) is 10.2. The Morgan fingerprint density at radius 3 is 2.59 bits per heavy atom. The quantitative estimate of drug-likeness (QED) is 0.740. The van der Waals surface area contributed by atoms with E-state index in [1.165, 1.54) is 7.11 Å². The van der Waals surface area contributed by atoms with Crippen molar-refractivity contribution in [2.24, 2.45) is 46.3 Å². The lowest BCUT2D eigenvalue weighted by molar-refractivity contribution is -0.165. The number of fused-ring (bicyclic) bond motifs is 5. The van der Waals surface area contributed by atoms with E-state index in [1.807, 2.05) is 6.92 Å². The average Bonchev–Trinajstić information content (AvgIpc) is 2.97. The second-order valence-corrected chi connectivity index (χ2v) is 10.6. The maximum Gasteiger partial charge on any atom is 0.308 e. The molecular formula is C23H36O4. The highest BCUT2D eigenvalue weighted by Gasteiger charge is 2.64. The van der Waals surface area contributed by atoms with Gasteiger partial charge in [0.15, 0.2) is 0 Å². The summed E-state index contributed by atoms with van der Waals surface area (Å²) in [6.07, 6.45) is 7.57. The molecular weight excluding hydrogens is 340 g/mol. The van der Waals surface area contributed by atoms with Crippen LogP contribution in [-0.2, 0) is 14.3 Å². The summed E-state index contributed by atoms with van der Waals surface area (Å²) in [4.78, 5) is 25.8. The third kappa shape index (κ3) is 2.73. The van der Waals surface area contributed by atoms with E-state index in [0.717, 1.165) is 44.9 Å². The Kier molecular flexibility index (Phi) is 4.73. The van der Waals surface area contributed by atoms with Crippen molar-refractivity contribution in [3.05, 3.63) is 0 Å². The number of carbonyl (C=O) groups is 2. The molecule has 4 aliphatic carbocycles. The first kappa shape index (κ1) is 19.4. The summed E-state index contributed by atoms with van der Waals surface area (Å²) < 4.78 is 5.03. The molecule has 4 heteroatoms. The van der Waals surface area contributed by atoms with Gasteiger partial charge in [-0.2, -0.15) is 0 Å². The molecule has 9 atom stereocenters. The molecule has 0 saturated heterocycles. The number of ketones is 1. The minimum Gasteiger partial charge on any atom is -0.469 e. The van der Waals surface area contributed by atoms with Crippen LogP contribution in [0.1, 0.15) is 72.1 Å². The van der Waals surface area contributed by atoms with Crippen molar-refractivity contribution in [1.82, 2.24) is 0 Å². The van der Waals surface area contributed by atoms with Crippen molar-refractivity contribution < 1.29 is 19.4 Å². The summed E-state index contributed by atoms with van der Waals surface area (Å²) in [7, 11) is 1.47. The molecule has 4 saturated carbocycles. The number of rotatable bonds is 2. The first-order chi connectivity index (χ1) is 12.7. The normalized spacial score (nSPS) is 50.3. The predicted molar refractivity (Wildman–Crippen MR) is 103 cm³/mol. The molecule has 0 bridgehead atoms. The molecule has 0 radical (unpaired) electrons. The van der Waals surface area contributed by atoms with Crippen LogP contribution in [0.5, 0.6) is 0 Å². The van der Waals surface area contributed by atoms with Gasteiger partial charge in [0.25, 0.3) is 0 Å². The van der Waals surface area contributed by atoms with Crippen LogP contribution >= 0.6 is 0 Å². The first-order valence-electron chi connectivity index (χ1n) is 11.0. The Bertz CT molecular complexity index is 630. The zero-order valence-corrected chi connectivity index (χ0v) is 17.4. The lowest BCUT2D eigenvalue weighted by atomic mass is 9.44. The van der Waals surface area contributed by atoms with Gasteiger partial charge >= 0.3 is 5.97 Å². The van der Waals surface area contributed by atoms with Gasteiger partial charge < -0.3 is 9.84 Å². The molecule has 1 N–H and O–H groups in total. The molecule has 4 aliphatic rings. The average molecular weight is 377 g/mol. The number of esters is 1. The minimum atomic E-state index is -0.180. The molecule has 0 spiro atoms. The van der Waals surface area contributed by atoms with Crippen LogP contribution < -0.4 is 0 Å². The van der Waals surface area contributed by atoms with Crippen molar-refractivity contribution in [3.8, 4) is 0 Å². The summed E-state index contributed by atoms with van der Waals surface area (Å²) in [5.74, 6) is 2.07. The SMILES string of the molecule is COC(=O)[C@@H](C)[C@@H]1CC[C@@H]2[C@@H]3CC[C@@H]4C[C@H](O)CC[C@]4(C)[C@@H]3C(=O)C[C@]21C. The van der Waals surface area contributed by atoms with Crippen LogP contribution in [0, 0.1) is 46.3 Å². The molecule has 0 amide bonds. The van der Waals surface area contributed by atoms with Crippen molar-refractivity contribution in [1.29, 1.82) is 0 Å². The molecule has 152 valence electrons. The Hall–Kier alpha value is -0.900. The molecule has 0 unspecified atom stereocenters. The van der Waals surface area contributed by atoms with Crippen molar-refractivity contribution in [3.63, 3.8) is 0 Å². The van der Waals surface area contributed by atoms with E-state index in [1.54, 1.807) is 0 Å². The number of aliphatic hydroxyl groups is 1. The predicted octanol–water partition coefficient (Wildman–Crippen LogP) is 3.99. The first-order valence-corrected chi connectivity index (χ1v) is 11.0. The molecule has 0 aromatic rings. The second-order valence-electron chi connectivity index (χ2n) is 10.6. The minimum absolute atomic E-state index is 0.0621. The van der Waals surface area contributed by atoms with Gasteiger partial charge in [0, 0.05) is 12.3 Å². The highest BCUT2D eigenvalue weighted by Crippen LogP contribution is 2.67. The fraction of sp³-hybridized carbons (Fsp3) is 0.913. The van der Waals surface area contributed by atoms with E-state index in [9.17, 15) is 14.7 Å². The Morgan fingerprint density at radius 2 is 1.89 bits per heavy atom. The number of methoxy groups -OCH3 is 1. The molecule has 4 nitrogen and oxygen atoms in total. The highest BCUT2D eigenvalue weighted by atomic mass is 16.5. The number of hydrogen-bond donors (Lipinski definition) is 1. The lowest BCUT2D eigenvalue weighted by Gasteiger charge is -2.60. The van der Waals surface area contributed by atoms with Gasteiger partial charge in [0.2, 0.25) is 0 Å². The van der Waals surface area contributed by atoms with Crippen LogP contribution in [0.4, 0.5) is 0 Å². The van der Waals surface area contributed by atoms with Gasteiger partial charge in [0.05, 0.1) is 19.1 Å². The van der Waals surface area contributed by atoms with Gasteiger partial charge in [-0.25, -0.2) is 0 Å². The van der Waals surface area contributed by atoms with E-state index >= 15 is 0 Å². The molecule has 0 aromatic heterocycles. The molecule has 4 rings (SSSR count).